The van der Waals surface area contributed by atoms with Crippen molar-refractivity contribution in [3.05, 3.63) is 60.0 Å². The molecule has 4 heterocycles. The van der Waals surface area contributed by atoms with E-state index in [1.807, 2.05) is 21.6 Å². The molecule has 8 nitrogen and oxygen atoms in total. The Bertz CT molecular complexity index is 1040. The minimum Gasteiger partial charge on any atom is -0.381 e. The number of carbonyl (C=O) groups is 1. The van der Waals surface area contributed by atoms with Gasteiger partial charge in [0.15, 0.2) is 0 Å². The Morgan fingerprint density at radius 3 is 2.69 bits per heavy atom. The van der Waals surface area contributed by atoms with Gasteiger partial charge in [-0.25, -0.2) is 9.36 Å². The number of aryl methyl sites for hydroxylation is 1. The van der Waals surface area contributed by atoms with Crippen LogP contribution in [0.5, 0.6) is 0 Å². The number of hydrogen-bond donors (Lipinski definition) is 1. The molecule has 1 N–H and O–H groups in total. The topological polar surface area (TPSA) is 77.2 Å². The number of anilines is 1. The zero-order chi connectivity index (χ0) is 21.9. The molecule has 2 fully saturated rings. The van der Waals surface area contributed by atoms with Gasteiger partial charge in [-0.1, -0.05) is 17.7 Å². The molecular weight excluding hydrogens is 404 g/mol. The SMILES string of the molecule is Cc1ccc(-n2cc(CN3CCC(n4nccc4NC(=O)C4CCOC4)CC3)cn2)cc1. The second-order valence-electron chi connectivity index (χ2n) is 8.85. The van der Waals surface area contributed by atoms with Crippen LogP contribution < -0.4 is 5.32 Å². The number of nitrogens with one attached hydrogen (secondary N) is 1. The number of carbonyl (C=O) groups excluding carboxylic acids is 1. The van der Waals surface area contributed by atoms with Crippen LogP contribution in [0.25, 0.3) is 5.69 Å². The van der Waals surface area contributed by atoms with Crippen LogP contribution in [0.15, 0.2) is 48.9 Å². The summed E-state index contributed by atoms with van der Waals surface area (Å²) in [6.07, 6.45) is 8.64. The summed E-state index contributed by atoms with van der Waals surface area (Å²) in [5.41, 5.74) is 3.55. The number of aromatic nitrogens is 4. The first kappa shape index (κ1) is 20.9. The summed E-state index contributed by atoms with van der Waals surface area (Å²) >= 11 is 0. The average molecular weight is 435 g/mol. The molecule has 1 aromatic carbocycles. The molecule has 2 aliphatic heterocycles. The van der Waals surface area contributed by atoms with Gasteiger partial charge < -0.3 is 10.1 Å². The van der Waals surface area contributed by atoms with E-state index in [0.717, 1.165) is 50.4 Å². The third-order valence-corrected chi connectivity index (χ3v) is 6.47. The molecule has 2 saturated heterocycles. The maximum atomic E-state index is 12.5. The van der Waals surface area contributed by atoms with Gasteiger partial charge in [0.05, 0.1) is 36.6 Å². The fourth-order valence-electron chi connectivity index (χ4n) is 4.53. The highest BCUT2D eigenvalue weighted by Crippen LogP contribution is 2.27. The van der Waals surface area contributed by atoms with Crippen LogP contribution in [0, 0.1) is 12.8 Å². The van der Waals surface area contributed by atoms with Gasteiger partial charge in [0.2, 0.25) is 5.91 Å². The summed E-state index contributed by atoms with van der Waals surface area (Å²) in [6.45, 7) is 6.14. The number of likely N-dealkylation sites (tertiary alicyclic amines) is 1. The van der Waals surface area contributed by atoms with E-state index in [1.54, 1.807) is 6.20 Å². The molecule has 3 aromatic rings. The summed E-state index contributed by atoms with van der Waals surface area (Å²) < 4.78 is 9.27. The number of piperidine rings is 1. The standard InChI is InChI=1S/C24H30N6O2/c1-18-2-4-21(5-3-18)29-16-19(14-26-29)15-28-11-7-22(8-12-28)30-23(6-10-25-30)27-24(31)20-9-13-32-17-20/h2-6,10,14,16,20,22H,7-9,11-13,15,17H2,1H3,(H,27,31). The Hall–Kier alpha value is -2.97. The molecule has 168 valence electrons. The molecule has 2 aliphatic rings. The van der Waals surface area contributed by atoms with Crippen molar-refractivity contribution in [2.45, 2.75) is 38.8 Å². The first-order valence-corrected chi connectivity index (χ1v) is 11.4. The van der Waals surface area contributed by atoms with Crippen molar-refractivity contribution in [2.24, 2.45) is 5.92 Å². The Labute approximate surface area is 188 Å². The van der Waals surface area contributed by atoms with E-state index in [9.17, 15) is 4.79 Å². The van der Waals surface area contributed by atoms with E-state index in [2.05, 4.69) is 57.8 Å². The van der Waals surface area contributed by atoms with E-state index in [-0.39, 0.29) is 11.8 Å². The number of ether oxygens (including phenoxy) is 1. The minimum atomic E-state index is -0.0546. The first-order valence-electron chi connectivity index (χ1n) is 11.4. The second kappa shape index (κ2) is 9.26. The molecule has 1 atom stereocenters. The third kappa shape index (κ3) is 4.61. The van der Waals surface area contributed by atoms with Gasteiger partial charge >= 0.3 is 0 Å². The van der Waals surface area contributed by atoms with Crippen molar-refractivity contribution in [1.29, 1.82) is 0 Å². The van der Waals surface area contributed by atoms with Crippen molar-refractivity contribution in [3.63, 3.8) is 0 Å². The predicted octanol–water partition coefficient (Wildman–Crippen LogP) is 3.19. The third-order valence-electron chi connectivity index (χ3n) is 6.47. The second-order valence-corrected chi connectivity index (χ2v) is 8.85. The van der Waals surface area contributed by atoms with Crippen molar-refractivity contribution >= 4 is 11.7 Å². The summed E-state index contributed by atoms with van der Waals surface area (Å²) in [4.78, 5) is 14.9. The van der Waals surface area contributed by atoms with E-state index < -0.39 is 0 Å². The molecule has 0 bridgehead atoms. The highest BCUT2D eigenvalue weighted by atomic mass is 16.5. The fraction of sp³-hybridized carbons (Fsp3) is 0.458. The molecule has 1 amide bonds. The number of nitrogens with zero attached hydrogens (tertiary/aromatic N) is 5. The van der Waals surface area contributed by atoms with Gasteiger partial charge in [0, 0.05) is 44.1 Å². The zero-order valence-electron chi connectivity index (χ0n) is 18.5. The number of rotatable bonds is 6. The molecule has 0 radical (unpaired) electrons. The van der Waals surface area contributed by atoms with E-state index in [4.69, 9.17) is 4.74 Å². The van der Waals surface area contributed by atoms with Crippen LogP contribution in [0.2, 0.25) is 0 Å². The number of hydrogen-bond acceptors (Lipinski definition) is 5. The first-order chi connectivity index (χ1) is 15.7. The molecule has 0 saturated carbocycles. The quantitative estimate of drug-likeness (QED) is 0.645. The van der Waals surface area contributed by atoms with E-state index in [1.165, 1.54) is 11.1 Å². The lowest BCUT2D eigenvalue weighted by molar-refractivity contribution is -0.119. The molecule has 2 aromatic heterocycles. The van der Waals surface area contributed by atoms with Gasteiger partial charge in [-0.3, -0.25) is 9.69 Å². The Balaban J connectivity index is 1.15. The van der Waals surface area contributed by atoms with Crippen molar-refractivity contribution < 1.29 is 9.53 Å². The van der Waals surface area contributed by atoms with E-state index >= 15 is 0 Å². The van der Waals surface area contributed by atoms with Gasteiger partial charge in [-0.05, 0) is 38.3 Å². The van der Waals surface area contributed by atoms with Crippen LogP contribution in [-0.4, -0.2) is 56.7 Å². The maximum Gasteiger partial charge on any atom is 0.231 e. The Morgan fingerprint density at radius 1 is 1.12 bits per heavy atom. The normalized spacial score (nSPS) is 20.0. The molecule has 0 aliphatic carbocycles. The zero-order valence-corrected chi connectivity index (χ0v) is 18.5. The lowest BCUT2D eigenvalue weighted by atomic mass is 10.0. The van der Waals surface area contributed by atoms with Gasteiger partial charge in [-0.15, -0.1) is 0 Å². The van der Waals surface area contributed by atoms with Crippen LogP contribution >= 0.6 is 0 Å². The summed E-state index contributed by atoms with van der Waals surface area (Å²) in [6, 6.07) is 10.6. The molecular formula is C24H30N6O2. The number of benzene rings is 1. The van der Waals surface area contributed by atoms with Crippen molar-refractivity contribution in [1.82, 2.24) is 24.5 Å². The van der Waals surface area contributed by atoms with Crippen molar-refractivity contribution in [2.75, 3.05) is 31.6 Å². The molecule has 0 spiro atoms. The van der Waals surface area contributed by atoms with Crippen LogP contribution in [-0.2, 0) is 16.1 Å². The average Bonchev–Trinajstić information content (AvgIpc) is 3.57. The minimum absolute atomic E-state index is 0.0345. The molecule has 8 heteroatoms. The fourth-order valence-corrected chi connectivity index (χ4v) is 4.53. The Morgan fingerprint density at radius 2 is 1.94 bits per heavy atom. The van der Waals surface area contributed by atoms with Crippen molar-refractivity contribution in [3.8, 4) is 5.69 Å². The van der Waals surface area contributed by atoms with Crippen LogP contribution in [0.4, 0.5) is 5.82 Å². The van der Waals surface area contributed by atoms with Gasteiger partial charge in [0.25, 0.3) is 0 Å². The highest BCUT2D eigenvalue weighted by molar-refractivity contribution is 5.92. The van der Waals surface area contributed by atoms with Gasteiger partial charge in [-0.2, -0.15) is 10.2 Å². The van der Waals surface area contributed by atoms with Gasteiger partial charge in [0.1, 0.15) is 5.82 Å². The maximum absolute atomic E-state index is 12.5. The molecule has 1 unspecified atom stereocenters. The Kier molecular flexibility index (Phi) is 6.05. The largest absolute Gasteiger partial charge is 0.381 e. The predicted molar refractivity (Wildman–Crippen MR) is 122 cm³/mol. The molecule has 5 rings (SSSR count). The summed E-state index contributed by atoms with van der Waals surface area (Å²) in [5, 5.41) is 12.1. The highest BCUT2D eigenvalue weighted by Gasteiger charge is 2.27. The number of amides is 1. The van der Waals surface area contributed by atoms with Crippen LogP contribution in [0.3, 0.4) is 0 Å². The summed E-state index contributed by atoms with van der Waals surface area (Å²) in [5.74, 6) is 0.771. The lowest BCUT2D eigenvalue weighted by Crippen LogP contribution is -2.35. The lowest BCUT2D eigenvalue weighted by Gasteiger charge is -2.32. The monoisotopic (exact) mass is 434 g/mol. The summed E-state index contributed by atoms with van der Waals surface area (Å²) in [7, 11) is 0. The molecule has 32 heavy (non-hydrogen) atoms. The van der Waals surface area contributed by atoms with Crippen LogP contribution in [0.1, 0.15) is 36.4 Å². The van der Waals surface area contributed by atoms with E-state index in [0.29, 0.717) is 19.3 Å². The smallest absolute Gasteiger partial charge is 0.231 e.